The summed E-state index contributed by atoms with van der Waals surface area (Å²) >= 11 is 5.89. The monoisotopic (exact) mass is 478 g/mol. The maximum absolute atomic E-state index is 13.1. The number of piperidine rings is 1. The minimum atomic E-state index is -1.05. The van der Waals surface area contributed by atoms with Gasteiger partial charge in [-0.2, -0.15) is 0 Å². The van der Waals surface area contributed by atoms with Crippen molar-refractivity contribution in [3.63, 3.8) is 0 Å². The van der Waals surface area contributed by atoms with Crippen LogP contribution in [-0.2, 0) is 9.53 Å². The van der Waals surface area contributed by atoms with E-state index in [0.717, 1.165) is 25.9 Å². The summed E-state index contributed by atoms with van der Waals surface area (Å²) in [6.45, 7) is 2.38. The van der Waals surface area contributed by atoms with Gasteiger partial charge in [0.2, 0.25) is 6.10 Å². The van der Waals surface area contributed by atoms with E-state index >= 15 is 0 Å². The smallest absolute Gasteiger partial charge is 0.412 e. The van der Waals surface area contributed by atoms with Crippen molar-refractivity contribution in [1.29, 1.82) is 0 Å². The van der Waals surface area contributed by atoms with Gasteiger partial charge in [-0.25, -0.2) is 4.79 Å². The van der Waals surface area contributed by atoms with E-state index in [0.29, 0.717) is 28.7 Å². The summed E-state index contributed by atoms with van der Waals surface area (Å²) in [5.74, 6) is 0.0235. The maximum Gasteiger partial charge on any atom is 0.412 e. The highest BCUT2D eigenvalue weighted by atomic mass is 35.5. The lowest BCUT2D eigenvalue weighted by Crippen LogP contribution is -2.40. The van der Waals surface area contributed by atoms with Gasteiger partial charge in [0.1, 0.15) is 0 Å². The quantitative estimate of drug-likeness (QED) is 0.496. The number of aromatic nitrogens is 1. The normalized spacial score (nSPS) is 14.8. The second-order valence-electron chi connectivity index (χ2n) is 8.21. The van der Waals surface area contributed by atoms with Crippen LogP contribution in [0.15, 0.2) is 79.1 Å². The number of carbonyl (C=O) groups is 2. The molecule has 0 saturated carbocycles. The second kappa shape index (κ2) is 11.5. The highest BCUT2D eigenvalue weighted by molar-refractivity contribution is 6.30. The van der Waals surface area contributed by atoms with Crippen molar-refractivity contribution >= 4 is 35.0 Å². The van der Waals surface area contributed by atoms with Gasteiger partial charge >= 0.3 is 6.09 Å². The first kappa shape index (κ1) is 23.6. The number of nitrogens with zero attached hydrogens (tertiary/aromatic N) is 2. The number of ether oxygens (including phenoxy) is 1. The van der Waals surface area contributed by atoms with Crippen LogP contribution < -0.4 is 15.5 Å². The van der Waals surface area contributed by atoms with Gasteiger partial charge in [-0.15, -0.1) is 0 Å². The van der Waals surface area contributed by atoms with Crippen LogP contribution in [0.4, 0.5) is 16.2 Å². The van der Waals surface area contributed by atoms with Crippen LogP contribution in [0.25, 0.3) is 0 Å². The van der Waals surface area contributed by atoms with Crippen molar-refractivity contribution in [2.75, 3.05) is 29.9 Å². The molecular formula is C26H27ClN4O3. The fraction of sp³-hybridized carbons (Fsp3) is 0.269. The summed E-state index contributed by atoms with van der Waals surface area (Å²) in [5.41, 5.74) is 2.31. The number of hydrogen-bond donors (Lipinski definition) is 2. The molecular weight excluding hydrogens is 452 g/mol. The number of rotatable bonds is 7. The molecule has 0 unspecified atom stereocenters. The molecule has 0 spiro atoms. The summed E-state index contributed by atoms with van der Waals surface area (Å²) in [5, 5.41) is 6.19. The molecule has 1 fully saturated rings. The average Bonchev–Trinajstić information content (AvgIpc) is 2.88. The van der Waals surface area contributed by atoms with Crippen LogP contribution in [0.1, 0.15) is 24.5 Å². The second-order valence-corrected chi connectivity index (χ2v) is 8.65. The first-order valence-electron chi connectivity index (χ1n) is 11.3. The molecule has 34 heavy (non-hydrogen) atoms. The number of hydrogen-bond acceptors (Lipinski definition) is 5. The maximum atomic E-state index is 13.1. The molecule has 2 amide bonds. The first-order chi connectivity index (χ1) is 16.6. The fourth-order valence-corrected chi connectivity index (χ4v) is 4.10. The SMILES string of the molecule is O=C(Nc1ccc(Cl)cc1)O[C@H](C(=O)NCC1CCN(c2ccncc2)CC1)c1ccccc1. The summed E-state index contributed by atoms with van der Waals surface area (Å²) in [4.78, 5) is 32.0. The van der Waals surface area contributed by atoms with Crippen molar-refractivity contribution in [3.8, 4) is 0 Å². The minimum Gasteiger partial charge on any atom is -0.431 e. The van der Waals surface area contributed by atoms with Crippen LogP contribution in [0, 0.1) is 5.92 Å². The van der Waals surface area contributed by atoms with Crippen LogP contribution in [-0.4, -0.2) is 36.6 Å². The summed E-state index contributed by atoms with van der Waals surface area (Å²) in [6, 6.07) is 19.7. The number of benzene rings is 2. The summed E-state index contributed by atoms with van der Waals surface area (Å²) < 4.78 is 5.54. The largest absolute Gasteiger partial charge is 0.431 e. The van der Waals surface area contributed by atoms with E-state index in [1.807, 2.05) is 30.3 Å². The number of halogens is 1. The van der Waals surface area contributed by atoms with E-state index in [4.69, 9.17) is 16.3 Å². The topological polar surface area (TPSA) is 83.6 Å². The van der Waals surface area contributed by atoms with Crippen molar-refractivity contribution < 1.29 is 14.3 Å². The molecule has 1 aliphatic heterocycles. The lowest BCUT2D eigenvalue weighted by Gasteiger charge is -2.33. The number of pyridine rings is 1. The number of amides is 2. The van der Waals surface area contributed by atoms with Crippen molar-refractivity contribution in [3.05, 3.63) is 89.7 Å². The molecule has 1 aliphatic rings. The van der Waals surface area contributed by atoms with Gasteiger partial charge in [0.05, 0.1) is 0 Å². The number of carbonyl (C=O) groups excluding carboxylic acids is 2. The lowest BCUT2D eigenvalue weighted by molar-refractivity contribution is -0.129. The van der Waals surface area contributed by atoms with E-state index in [-0.39, 0.29) is 5.91 Å². The van der Waals surface area contributed by atoms with Gasteiger partial charge in [-0.3, -0.25) is 15.1 Å². The third-order valence-corrected chi connectivity index (χ3v) is 6.12. The van der Waals surface area contributed by atoms with E-state index in [1.54, 1.807) is 48.8 Å². The predicted molar refractivity (Wildman–Crippen MR) is 133 cm³/mol. The van der Waals surface area contributed by atoms with Crippen LogP contribution >= 0.6 is 11.6 Å². The van der Waals surface area contributed by atoms with Gasteiger partial charge in [0.15, 0.2) is 0 Å². The molecule has 2 heterocycles. The third kappa shape index (κ3) is 6.48. The van der Waals surface area contributed by atoms with Gasteiger partial charge in [0.25, 0.3) is 5.91 Å². The van der Waals surface area contributed by atoms with Crippen LogP contribution in [0.3, 0.4) is 0 Å². The third-order valence-electron chi connectivity index (χ3n) is 5.86. The van der Waals surface area contributed by atoms with Crippen molar-refractivity contribution in [2.24, 2.45) is 5.92 Å². The Kier molecular flexibility index (Phi) is 7.99. The first-order valence-corrected chi connectivity index (χ1v) is 11.7. The Balaban J connectivity index is 1.33. The van der Waals surface area contributed by atoms with Crippen LogP contribution in [0.5, 0.6) is 0 Å². The van der Waals surface area contributed by atoms with E-state index in [1.165, 1.54) is 5.69 Å². The Morgan fingerprint density at radius 2 is 1.68 bits per heavy atom. The molecule has 0 aliphatic carbocycles. The van der Waals surface area contributed by atoms with Gasteiger partial charge in [-0.05, 0) is 55.2 Å². The Labute approximate surface area is 204 Å². The highest BCUT2D eigenvalue weighted by Crippen LogP contribution is 2.23. The van der Waals surface area contributed by atoms with Crippen LogP contribution in [0.2, 0.25) is 5.02 Å². The molecule has 3 aromatic rings. The Morgan fingerprint density at radius 3 is 2.35 bits per heavy atom. The minimum absolute atomic E-state index is 0.339. The van der Waals surface area contributed by atoms with Crippen molar-refractivity contribution in [1.82, 2.24) is 10.3 Å². The van der Waals surface area contributed by atoms with E-state index in [2.05, 4.69) is 20.5 Å². The lowest BCUT2D eigenvalue weighted by atomic mass is 9.96. The van der Waals surface area contributed by atoms with Gasteiger partial charge in [-0.1, -0.05) is 41.9 Å². The van der Waals surface area contributed by atoms with E-state index in [9.17, 15) is 9.59 Å². The molecule has 2 aromatic carbocycles. The molecule has 7 nitrogen and oxygen atoms in total. The standard InChI is InChI=1S/C26H27ClN4O3/c27-21-6-8-22(9-7-21)30-26(33)34-24(20-4-2-1-3-5-20)25(32)29-18-19-12-16-31(17-13-19)23-10-14-28-15-11-23/h1-11,14-15,19,24H,12-13,16-18H2,(H,29,32)(H,30,33)/t24-/m0/s1. The zero-order chi connectivity index (χ0) is 23.8. The highest BCUT2D eigenvalue weighted by Gasteiger charge is 2.27. The number of anilines is 2. The Morgan fingerprint density at radius 1 is 1.00 bits per heavy atom. The molecule has 1 saturated heterocycles. The van der Waals surface area contributed by atoms with Gasteiger partial charge < -0.3 is 15.0 Å². The molecule has 0 bridgehead atoms. The zero-order valence-corrected chi connectivity index (χ0v) is 19.4. The molecule has 176 valence electrons. The van der Waals surface area contributed by atoms with Crippen molar-refractivity contribution in [2.45, 2.75) is 18.9 Å². The molecule has 0 radical (unpaired) electrons. The average molecular weight is 479 g/mol. The summed E-state index contributed by atoms with van der Waals surface area (Å²) in [7, 11) is 0. The summed E-state index contributed by atoms with van der Waals surface area (Å²) in [6.07, 6.45) is 3.78. The van der Waals surface area contributed by atoms with Gasteiger partial charge in [0, 0.05) is 54.0 Å². The number of nitrogens with one attached hydrogen (secondary N) is 2. The van der Waals surface area contributed by atoms with E-state index < -0.39 is 12.2 Å². The predicted octanol–water partition coefficient (Wildman–Crippen LogP) is 5.06. The Bertz CT molecular complexity index is 1070. The molecule has 4 rings (SSSR count). The fourth-order valence-electron chi connectivity index (χ4n) is 3.98. The molecule has 2 N–H and O–H groups in total. The Hall–Kier alpha value is -3.58. The molecule has 1 aromatic heterocycles. The molecule has 8 heteroatoms. The molecule has 1 atom stereocenters. The zero-order valence-electron chi connectivity index (χ0n) is 18.7.